The first-order valence-electron chi connectivity index (χ1n) is 5.21. The fraction of sp³-hybridized carbons (Fsp3) is 1.00. The van der Waals surface area contributed by atoms with Crippen molar-refractivity contribution >= 4 is 0 Å². The molecule has 0 aliphatic carbocycles. The molecule has 1 atom stereocenters. The highest BCUT2D eigenvalue weighted by molar-refractivity contribution is 4.58. The van der Waals surface area contributed by atoms with Gasteiger partial charge in [0, 0.05) is 6.54 Å². The summed E-state index contributed by atoms with van der Waals surface area (Å²) in [5.74, 6) is 0. The number of nitrogens with two attached hydrogens (primary N) is 1. The maximum Gasteiger partial charge on any atom is 0.0894 e. The van der Waals surface area contributed by atoms with E-state index in [2.05, 4.69) is 10.6 Å². The van der Waals surface area contributed by atoms with E-state index in [1.807, 2.05) is 0 Å². The molecule has 0 bridgehead atoms. The minimum atomic E-state index is -0.639. The van der Waals surface area contributed by atoms with Crippen LogP contribution in [0, 0.1) is 0 Å². The molecule has 0 saturated carbocycles. The Morgan fingerprint density at radius 1 is 1.07 bits per heavy atom. The third-order valence-electron chi connectivity index (χ3n) is 1.86. The summed E-state index contributed by atoms with van der Waals surface area (Å²) in [6, 6.07) is 0. The van der Waals surface area contributed by atoms with Gasteiger partial charge < -0.3 is 26.6 Å². The van der Waals surface area contributed by atoms with Crippen LogP contribution in [0.1, 0.15) is 12.8 Å². The van der Waals surface area contributed by atoms with Gasteiger partial charge in [-0.3, -0.25) is 0 Å². The summed E-state index contributed by atoms with van der Waals surface area (Å²) in [5, 5.41) is 23.8. The Morgan fingerprint density at radius 3 is 2.36 bits per heavy atom. The molecule has 0 aliphatic heterocycles. The molecule has 6 N–H and O–H groups in total. The highest BCUT2D eigenvalue weighted by Gasteiger charge is 1.98. The SMILES string of the molecule is NCCCNCCCNCC(O)CO. The van der Waals surface area contributed by atoms with Crippen molar-refractivity contribution in [3.63, 3.8) is 0 Å². The monoisotopic (exact) mass is 205 g/mol. The molecule has 0 aromatic rings. The van der Waals surface area contributed by atoms with Gasteiger partial charge in [-0.2, -0.15) is 0 Å². The van der Waals surface area contributed by atoms with Crippen LogP contribution in [0.5, 0.6) is 0 Å². The Labute approximate surface area is 85.7 Å². The lowest BCUT2D eigenvalue weighted by molar-refractivity contribution is 0.0945. The van der Waals surface area contributed by atoms with Crippen molar-refractivity contribution < 1.29 is 10.2 Å². The highest BCUT2D eigenvalue weighted by Crippen LogP contribution is 1.79. The standard InChI is InChI=1S/C9H23N3O2/c10-3-1-4-11-5-2-6-12-7-9(14)8-13/h9,11-14H,1-8,10H2. The predicted molar refractivity (Wildman–Crippen MR) is 57.1 cm³/mol. The van der Waals surface area contributed by atoms with E-state index in [1.54, 1.807) is 0 Å². The number of aliphatic hydroxyl groups excluding tert-OH is 2. The number of aliphatic hydroxyl groups is 2. The quantitative estimate of drug-likeness (QED) is 0.273. The lowest BCUT2D eigenvalue weighted by Crippen LogP contribution is -2.31. The lowest BCUT2D eigenvalue weighted by Gasteiger charge is -2.08. The van der Waals surface area contributed by atoms with Crippen molar-refractivity contribution in [3.8, 4) is 0 Å². The van der Waals surface area contributed by atoms with Gasteiger partial charge in [-0.05, 0) is 39.0 Å². The molecule has 0 rings (SSSR count). The van der Waals surface area contributed by atoms with Gasteiger partial charge in [0.2, 0.25) is 0 Å². The van der Waals surface area contributed by atoms with E-state index in [-0.39, 0.29) is 6.61 Å². The summed E-state index contributed by atoms with van der Waals surface area (Å²) in [7, 11) is 0. The number of rotatable bonds is 10. The molecule has 0 spiro atoms. The van der Waals surface area contributed by atoms with Crippen LogP contribution in [0.3, 0.4) is 0 Å². The van der Waals surface area contributed by atoms with Crippen LogP contribution in [0.25, 0.3) is 0 Å². The van der Waals surface area contributed by atoms with Crippen molar-refractivity contribution in [2.24, 2.45) is 5.73 Å². The van der Waals surface area contributed by atoms with Crippen molar-refractivity contribution in [1.29, 1.82) is 0 Å². The average molecular weight is 205 g/mol. The topological polar surface area (TPSA) is 90.5 Å². The molecule has 0 amide bonds. The Bertz CT molecular complexity index is 114. The number of hydrogen-bond donors (Lipinski definition) is 5. The van der Waals surface area contributed by atoms with E-state index in [0.717, 1.165) is 39.0 Å². The molecule has 14 heavy (non-hydrogen) atoms. The van der Waals surface area contributed by atoms with Gasteiger partial charge in [-0.25, -0.2) is 0 Å². The fourth-order valence-electron chi connectivity index (χ4n) is 1.02. The van der Waals surface area contributed by atoms with E-state index in [4.69, 9.17) is 15.9 Å². The van der Waals surface area contributed by atoms with E-state index in [9.17, 15) is 0 Å². The molecular formula is C9H23N3O2. The molecule has 0 saturated heterocycles. The van der Waals surface area contributed by atoms with Crippen LogP contribution in [0.15, 0.2) is 0 Å². The third kappa shape index (κ3) is 9.88. The number of nitrogens with one attached hydrogen (secondary N) is 2. The van der Waals surface area contributed by atoms with Crippen LogP contribution >= 0.6 is 0 Å². The summed E-state index contributed by atoms with van der Waals surface area (Å²) in [6.07, 6.45) is 1.39. The second kappa shape index (κ2) is 10.9. The second-order valence-electron chi connectivity index (χ2n) is 3.29. The van der Waals surface area contributed by atoms with Gasteiger partial charge in [-0.1, -0.05) is 0 Å². The largest absolute Gasteiger partial charge is 0.394 e. The van der Waals surface area contributed by atoms with Crippen LogP contribution in [-0.4, -0.2) is 55.6 Å². The maximum absolute atomic E-state index is 8.99. The molecule has 0 radical (unpaired) electrons. The van der Waals surface area contributed by atoms with E-state index < -0.39 is 6.10 Å². The van der Waals surface area contributed by atoms with Gasteiger partial charge in [0.15, 0.2) is 0 Å². The Balaban J connectivity index is 2.92. The van der Waals surface area contributed by atoms with Crippen molar-refractivity contribution in [3.05, 3.63) is 0 Å². The average Bonchev–Trinajstić information content (AvgIpc) is 2.21. The smallest absolute Gasteiger partial charge is 0.0894 e. The summed E-state index contributed by atoms with van der Waals surface area (Å²) in [6.45, 7) is 3.79. The van der Waals surface area contributed by atoms with Crippen LogP contribution in [0.2, 0.25) is 0 Å². The molecule has 5 heteroatoms. The maximum atomic E-state index is 8.99. The third-order valence-corrected chi connectivity index (χ3v) is 1.86. The molecule has 0 heterocycles. The molecule has 0 aromatic heterocycles. The molecule has 1 unspecified atom stereocenters. The summed E-state index contributed by atoms with van der Waals surface area (Å²) < 4.78 is 0. The van der Waals surface area contributed by atoms with Crippen molar-refractivity contribution in [2.45, 2.75) is 18.9 Å². The molecular weight excluding hydrogens is 182 g/mol. The van der Waals surface area contributed by atoms with Crippen molar-refractivity contribution in [1.82, 2.24) is 10.6 Å². The zero-order chi connectivity index (χ0) is 10.6. The first kappa shape index (κ1) is 13.8. The van der Waals surface area contributed by atoms with Gasteiger partial charge in [0.1, 0.15) is 0 Å². The van der Waals surface area contributed by atoms with Crippen LogP contribution in [-0.2, 0) is 0 Å². The Hall–Kier alpha value is -0.200. The first-order chi connectivity index (χ1) is 6.81. The predicted octanol–water partition coefficient (Wildman–Crippen LogP) is -1.74. The molecule has 86 valence electrons. The second-order valence-corrected chi connectivity index (χ2v) is 3.29. The van der Waals surface area contributed by atoms with Gasteiger partial charge in [-0.15, -0.1) is 0 Å². The normalized spacial score (nSPS) is 13.1. The van der Waals surface area contributed by atoms with Gasteiger partial charge in [0.05, 0.1) is 12.7 Å². The van der Waals surface area contributed by atoms with Crippen LogP contribution in [0.4, 0.5) is 0 Å². The molecule has 0 aromatic carbocycles. The minimum Gasteiger partial charge on any atom is -0.394 e. The molecule has 5 nitrogen and oxygen atoms in total. The van der Waals surface area contributed by atoms with Gasteiger partial charge in [0.25, 0.3) is 0 Å². The minimum absolute atomic E-state index is 0.179. The lowest BCUT2D eigenvalue weighted by atomic mass is 10.3. The first-order valence-corrected chi connectivity index (χ1v) is 5.21. The number of hydrogen-bond acceptors (Lipinski definition) is 5. The fourth-order valence-corrected chi connectivity index (χ4v) is 1.02. The van der Waals surface area contributed by atoms with Gasteiger partial charge >= 0.3 is 0 Å². The summed E-state index contributed by atoms with van der Waals surface area (Å²) >= 11 is 0. The molecule has 0 fully saturated rings. The van der Waals surface area contributed by atoms with Crippen molar-refractivity contribution in [2.75, 3.05) is 39.3 Å². The van der Waals surface area contributed by atoms with E-state index in [0.29, 0.717) is 6.54 Å². The van der Waals surface area contributed by atoms with Crippen LogP contribution < -0.4 is 16.4 Å². The van der Waals surface area contributed by atoms with E-state index >= 15 is 0 Å². The zero-order valence-electron chi connectivity index (χ0n) is 8.71. The van der Waals surface area contributed by atoms with E-state index in [1.165, 1.54) is 0 Å². The molecule has 0 aliphatic rings. The Kier molecular flexibility index (Phi) is 10.7. The summed E-state index contributed by atoms with van der Waals surface area (Å²) in [4.78, 5) is 0. The highest BCUT2D eigenvalue weighted by atomic mass is 16.3. The zero-order valence-corrected chi connectivity index (χ0v) is 8.71. The Morgan fingerprint density at radius 2 is 1.71 bits per heavy atom. The summed E-state index contributed by atoms with van der Waals surface area (Å²) in [5.41, 5.74) is 5.34.